The van der Waals surface area contributed by atoms with Gasteiger partial charge in [-0.05, 0) is 19.3 Å². The summed E-state index contributed by atoms with van der Waals surface area (Å²) in [5, 5.41) is 8.89. The van der Waals surface area contributed by atoms with Gasteiger partial charge in [0.1, 0.15) is 6.54 Å². The van der Waals surface area contributed by atoms with Crippen LogP contribution in [0.3, 0.4) is 0 Å². The third kappa shape index (κ3) is 3.91. The van der Waals surface area contributed by atoms with Crippen LogP contribution in [0.15, 0.2) is 0 Å². The zero-order valence-electron chi connectivity index (χ0n) is 10.7. The molecule has 0 heterocycles. The van der Waals surface area contributed by atoms with E-state index in [1.165, 1.54) is 4.90 Å². The monoisotopic (exact) mass is 242 g/mol. The number of amides is 2. The van der Waals surface area contributed by atoms with Gasteiger partial charge in [-0.2, -0.15) is 0 Å². The van der Waals surface area contributed by atoms with E-state index in [4.69, 9.17) is 5.11 Å². The predicted octanol–water partition coefficient (Wildman–Crippen LogP) is 1.78. The number of rotatable bonds is 5. The van der Waals surface area contributed by atoms with E-state index in [9.17, 15) is 9.59 Å². The van der Waals surface area contributed by atoms with Crippen molar-refractivity contribution in [3.05, 3.63) is 0 Å². The van der Waals surface area contributed by atoms with Crippen LogP contribution in [0.5, 0.6) is 0 Å². The lowest BCUT2D eigenvalue weighted by Gasteiger charge is -2.31. The fraction of sp³-hybridized carbons (Fsp3) is 0.833. The van der Waals surface area contributed by atoms with Gasteiger partial charge in [-0.15, -0.1) is 0 Å². The van der Waals surface area contributed by atoms with Crippen molar-refractivity contribution in [1.82, 2.24) is 9.80 Å². The molecule has 0 bridgehead atoms. The van der Waals surface area contributed by atoms with Gasteiger partial charge in [0.05, 0.1) is 0 Å². The lowest BCUT2D eigenvalue weighted by Crippen LogP contribution is -2.48. The van der Waals surface area contributed by atoms with Gasteiger partial charge >= 0.3 is 12.0 Å². The van der Waals surface area contributed by atoms with Crippen molar-refractivity contribution in [3.8, 4) is 0 Å². The van der Waals surface area contributed by atoms with Gasteiger partial charge in [0, 0.05) is 19.6 Å². The number of nitrogens with zero attached hydrogens (tertiary/aromatic N) is 2. The van der Waals surface area contributed by atoms with Crippen molar-refractivity contribution in [2.75, 3.05) is 20.1 Å². The van der Waals surface area contributed by atoms with E-state index in [0.29, 0.717) is 6.54 Å². The molecule has 0 aliphatic heterocycles. The zero-order valence-corrected chi connectivity index (χ0v) is 10.7. The maximum absolute atomic E-state index is 12.1. The average molecular weight is 242 g/mol. The van der Waals surface area contributed by atoms with Crippen LogP contribution < -0.4 is 0 Å². The largest absolute Gasteiger partial charge is 0.480 e. The molecule has 5 nitrogen and oxygen atoms in total. The van der Waals surface area contributed by atoms with Gasteiger partial charge in [0.15, 0.2) is 0 Å². The minimum atomic E-state index is -0.935. The summed E-state index contributed by atoms with van der Waals surface area (Å²) in [4.78, 5) is 26.1. The van der Waals surface area contributed by atoms with Crippen molar-refractivity contribution >= 4 is 12.0 Å². The van der Waals surface area contributed by atoms with E-state index in [0.717, 1.165) is 32.1 Å². The summed E-state index contributed by atoms with van der Waals surface area (Å²) in [6.07, 6.45) is 4.92. The van der Waals surface area contributed by atoms with Crippen LogP contribution in [0.4, 0.5) is 4.79 Å². The lowest BCUT2D eigenvalue weighted by molar-refractivity contribution is -0.138. The molecule has 98 valence electrons. The SMILES string of the molecule is CCCN(C)C(=O)N(CC(=O)O)C1CCCC1. The first-order chi connectivity index (χ1) is 8.06. The maximum atomic E-state index is 12.1. The van der Waals surface area contributed by atoms with Gasteiger partial charge < -0.3 is 14.9 Å². The van der Waals surface area contributed by atoms with Gasteiger partial charge in [-0.3, -0.25) is 4.79 Å². The molecule has 1 N–H and O–H groups in total. The highest BCUT2D eigenvalue weighted by atomic mass is 16.4. The molecule has 1 saturated carbocycles. The van der Waals surface area contributed by atoms with Gasteiger partial charge in [0.25, 0.3) is 0 Å². The molecule has 5 heteroatoms. The van der Waals surface area contributed by atoms with Gasteiger partial charge in [-0.25, -0.2) is 4.79 Å². The third-order valence-corrected chi connectivity index (χ3v) is 3.20. The Morgan fingerprint density at radius 3 is 2.35 bits per heavy atom. The molecule has 0 aromatic heterocycles. The summed E-state index contributed by atoms with van der Waals surface area (Å²) in [5.74, 6) is -0.935. The smallest absolute Gasteiger partial charge is 0.323 e. The summed E-state index contributed by atoms with van der Waals surface area (Å²) in [5.41, 5.74) is 0. The molecule has 0 radical (unpaired) electrons. The number of carboxylic acids is 1. The van der Waals surface area contributed by atoms with Crippen molar-refractivity contribution < 1.29 is 14.7 Å². The van der Waals surface area contributed by atoms with E-state index in [1.807, 2.05) is 6.92 Å². The normalized spacial score (nSPS) is 15.9. The Morgan fingerprint density at radius 2 is 1.88 bits per heavy atom. The Balaban J connectivity index is 2.67. The zero-order chi connectivity index (χ0) is 12.8. The van der Waals surface area contributed by atoms with Crippen molar-refractivity contribution in [2.45, 2.75) is 45.1 Å². The molecule has 0 unspecified atom stereocenters. The van der Waals surface area contributed by atoms with Crippen LogP contribution >= 0.6 is 0 Å². The molecule has 0 aromatic carbocycles. The molecule has 0 aromatic rings. The highest BCUT2D eigenvalue weighted by Gasteiger charge is 2.29. The average Bonchev–Trinajstić information content (AvgIpc) is 2.78. The fourth-order valence-corrected chi connectivity index (χ4v) is 2.36. The van der Waals surface area contributed by atoms with E-state index < -0.39 is 5.97 Å². The van der Waals surface area contributed by atoms with E-state index >= 15 is 0 Å². The molecule has 17 heavy (non-hydrogen) atoms. The van der Waals surface area contributed by atoms with Crippen LogP contribution in [0, 0.1) is 0 Å². The highest BCUT2D eigenvalue weighted by Crippen LogP contribution is 2.24. The van der Waals surface area contributed by atoms with E-state index in [2.05, 4.69) is 0 Å². The molecular weight excluding hydrogens is 220 g/mol. The van der Waals surface area contributed by atoms with Crippen LogP contribution in [0.1, 0.15) is 39.0 Å². The molecule has 2 amide bonds. The summed E-state index contributed by atoms with van der Waals surface area (Å²) in [6, 6.07) is -0.0425. The number of urea groups is 1. The Morgan fingerprint density at radius 1 is 1.29 bits per heavy atom. The van der Waals surface area contributed by atoms with Crippen molar-refractivity contribution in [1.29, 1.82) is 0 Å². The molecule has 0 saturated heterocycles. The van der Waals surface area contributed by atoms with Crippen molar-refractivity contribution in [3.63, 3.8) is 0 Å². The minimum Gasteiger partial charge on any atom is -0.480 e. The fourth-order valence-electron chi connectivity index (χ4n) is 2.36. The number of aliphatic carboxylic acids is 1. The number of carboxylic acid groups (broad SMARTS) is 1. The summed E-state index contributed by atoms with van der Waals surface area (Å²) < 4.78 is 0. The Bertz CT molecular complexity index is 275. The molecule has 1 rings (SSSR count). The summed E-state index contributed by atoms with van der Waals surface area (Å²) >= 11 is 0. The van der Waals surface area contributed by atoms with Crippen LogP contribution in [-0.4, -0.2) is 53.1 Å². The van der Waals surface area contributed by atoms with Crippen LogP contribution in [-0.2, 0) is 4.79 Å². The van der Waals surface area contributed by atoms with Gasteiger partial charge in [-0.1, -0.05) is 19.8 Å². The standard InChI is InChI=1S/C12H22N2O3/c1-3-8-13(2)12(17)14(9-11(15)16)10-6-4-5-7-10/h10H,3-9H2,1-2H3,(H,15,16). The molecule has 1 aliphatic carbocycles. The first-order valence-corrected chi connectivity index (χ1v) is 6.29. The van der Waals surface area contributed by atoms with Crippen LogP contribution in [0.25, 0.3) is 0 Å². The molecular formula is C12H22N2O3. The minimum absolute atomic E-state index is 0.109. The number of carbonyl (C=O) groups is 2. The Labute approximate surface area is 102 Å². The number of carbonyl (C=O) groups excluding carboxylic acids is 1. The molecule has 1 fully saturated rings. The maximum Gasteiger partial charge on any atom is 0.323 e. The van der Waals surface area contributed by atoms with Crippen LogP contribution in [0.2, 0.25) is 0 Å². The molecule has 1 aliphatic rings. The first kappa shape index (κ1) is 13.8. The topological polar surface area (TPSA) is 60.9 Å². The van der Waals surface area contributed by atoms with E-state index in [1.54, 1.807) is 11.9 Å². The second-order valence-corrected chi connectivity index (χ2v) is 4.66. The predicted molar refractivity (Wildman–Crippen MR) is 64.9 cm³/mol. The summed E-state index contributed by atoms with van der Waals surface area (Å²) in [6.45, 7) is 2.49. The molecule has 0 atom stereocenters. The third-order valence-electron chi connectivity index (χ3n) is 3.20. The Kier molecular flexibility index (Phi) is 5.25. The van der Waals surface area contributed by atoms with E-state index in [-0.39, 0.29) is 18.6 Å². The number of hydrogen-bond acceptors (Lipinski definition) is 2. The highest BCUT2D eigenvalue weighted by molar-refractivity contribution is 5.80. The lowest BCUT2D eigenvalue weighted by atomic mass is 10.2. The second kappa shape index (κ2) is 6.47. The summed E-state index contributed by atoms with van der Waals surface area (Å²) in [7, 11) is 1.73. The number of hydrogen-bond donors (Lipinski definition) is 1. The Hall–Kier alpha value is -1.26. The van der Waals surface area contributed by atoms with Crippen molar-refractivity contribution in [2.24, 2.45) is 0 Å². The first-order valence-electron chi connectivity index (χ1n) is 6.29. The van der Waals surface area contributed by atoms with Gasteiger partial charge in [0.2, 0.25) is 0 Å². The second-order valence-electron chi connectivity index (χ2n) is 4.66. The molecule has 0 spiro atoms. The quantitative estimate of drug-likeness (QED) is 0.799.